The molecular weight excluding hydrogens is 499 g/mol. The Morgan fingerprint density at radius 3 is 2.60 bits per heavy atom. The number of hydrogen-bond acceptors (Lipinski definition) is 5. The van der Waals surface area contributed by atoms with Crippen molar-refractivity contribution >= 4 is 41.3 Å². The van der Waals surface area contributed by atoms with Crippen molar-refractivity contribution in [3.05, 3.63) is 69.7 Å². The Morgan fingerprint density at radius 2 is 1.93 bits per heavy atom. The number of aryl methyl sites for hydroxylation is 1. The number of unbranched alkanes of at least 4 members (excludes halogenated alkanes) is 1. The van der Waals surface area contributed by atoms with E-state index in [1.165, 1.54) is 12.1 Å². The number of benzene rings is 2. The molecule has 0 atom stereocenters. The highest BCUT2D eigenvalue weighted by Gasteiger charge is 2.51. The van der Waals surface area contributed by atoms with Gasteiger partial charge in [-0.1, -0.05) is 70.3 Å². The SMILES string of the molecule is O=P(O)(O)C(F)(F)c1ccc(CCCCSN2CN=C(c3ccccc3)N2)cc1Br. The predicted molar refractivity (Wildman–Crippen MR) is 118 cm³/mol. The van der Waals surface area contributed by atoms with Crippen molar-refractivity contribution < 1.29 is 23.1 Å². The number of rotatable bonds is 9. The average Bonchev–Trinajstić information content (AvgIpc) is 3.16. The van der Waals surface area contributed by atoms with Crippen LogP contribution in [0.3, 0.4) is 0 Å². The first-order valence-corrected chi connectivity index (χ1v) is 12.5. The van der Waals surface area contributed by atoms with Crippen LogP contribution in [-0.2, 0) is 16.6 Å². The second-order valence-electron chi connectivity index (χ2n) is 6.69. The van der Waals surface area contributed by atoms with Crippen molar-refractivity contribution in [2.24, 2.45) is 4.99 Å². The highest BCUT2D eigenvalue weighted by atomic mass is 79.9. The molecule has 1 heterocycles. The predicted octanol–water partition coefficient (Wildman–Crippen LogP) is 4.87. The lowest BCUT2D eigenvalue weighted by Gasteiger charge is -2.19. The van der Waals surface area contributed by atoms with Crippen LogP contribution in [0.4, 0.5) is 8.78 Å². The van der Waals surface area contributed by atoms with Crippen LogP contribution in [-0.4, -0.2) is 32.5 Å². The minimum atomic E-state index is -5.58. The maximum absolute atomic E-state index is 13.9. The zero-order valence-corrected chi connectivity index (χ0v) is 19.1. The highest BCUT2D eigenvalue weighted by Crippen LogP contribution is 2.60. The zero-order chi connectivity index (χ0) is 21.8. The van der Waals surface area contributed by atoms with Crippen LogP contribution in [0.2, 0.25) is 0 Å². The summed E-state index contributed by atoms with van der Waals surface area (Å²) in [4.78, 5) is 22.2. The lowest BCUT2D eigenvalue weighted by Crippen LogP contribution is -2.31. The van der Waals surface area contributed by atoms with Gasteiger partial charge in [0.25, 0.3) is 0 Å². The van der Waals surface area contributed by atoms with E-state index in [0.717, 1.165) is 41.6 Å². The summed E-state index contributed by atoms with van der Waals surface area (Å²) in [6.07, 6.45) is 2.45. The molecule has 6 nitrogen and oxygen atoms in total. The van der Waals surface area contributed by atoms with Crippen molar-refractivity contribution in [3.8, 4) is 0 Å². The topological polar surface area (TPSA) is 85.2 Å². The Bertz CT molecular complexity index is 959. The van der Waals surface area contributed by atoms with Crippen LogP contribution in [0.25, 0.3) is 0 Å². The molecule has 1 aliphatic heterocycles. The molecule has 11 heteroatoms. The fourth-order valence-electron chi connectivity index (χ4n) is 2.87. The van der Waals surface area contributed by atoms with Crippen molar-refractivity contribution in [3.63, 3.8) is 0 Å². The van der Waals surface area contributed by atoms with Gasteiger partial charge in [-0.05, 0) is 30.9 Å². The van der Waals surface area contributed by atoms with Gasteiger partial charge in [-0.2, -0.15) is 8.78 Å². The Morgan fingerprint density at radius 1 is 1.20 bits per heavy atom. The first-order chi connectivity index (χ1) is 14.2. The monoisotopic (exact) mass is 519 g/mol. The van der Waals surface area contributed by atoms with Gasteiger partial charge in [0.2, 0.25) is 0 Å². The summed E-state index contributed by atoms with van der Waals surface area (Å²) in [5.74, 6) is 1.72. The van der Waals surface area contributed by atoms with Gasteiger partial charge in [0.15, 0.2) is 0 Å². The van der Waals surface area contributed by atoms with E-state index in [1.54, 1.807) is 11.9 Å². The third kappa shape index (κ3) is 5.69. The van der Waals surface area contributed by atoms with Gasteiger partial charge in [-0.15, -0.1) is 4.41 Å². The Kier molecular flexibility index (Phi) is 7.71. The molecule has 3 rings (SSSR count). The van der Waals surface area contributed by atoms with E-state index in [2.05, 4.69) is 26.3 Å². The highest BCUT2D eigenvalue weighted by molar-refractivity contribution is 9.10. The van der Waals surface area contributed by atoms with Crippen LogP contribution in [0.15, 0.2) is 58.0 Å². The fourth-order valence-corrected chi connectivity index (χ4v) is 5.05. The summed E-state index contributed by atoms with van der Waals surface area (Å²) < 4.78 is 40.8. The number of aliphatic imine (C=N–C) groups is 1. The molecule has 1 aliphatic rings. The number of nitrogens with zero attached hydrogens (tertiary/aromatic N) is 2. The quantitative estimate of drug-likeness (QED) is 0.249. The van der Waals surface area contributed by atoms with E-state index in [-0.39, 0.29) is 4.47 Å². The fraction of sp³-hybridized carbons (Fsp3) is 0.316. The number of hydrogen-bond donors (Lipinski definition) is 3. The molecule has 0 amide bonds. The van der Waals surface area contributed by atoms with Gasteiger partial charge in [0, 0.05) is 21.4 Å². The number of halogens is 3. The summed E-state index contributed by atoms with van der Waals surface area (Å²) >= 11 is 4.65. The van der Waals surface area contributed by atoms with E-state index in [4.69, 9.17) is 9.79 Å². The van der Waals surface area contributed by atoms with Gasteiger partial charge < -0.3 is 9.79 Å². The molecule has 0 radical (unpaired) electrons. The molecule has 162 valence electrons. The molecule has 0 saturated carbocycles. The van der Waals surface area contributed by atoms with Crippen molar-refractivity contribution in [1.82, 2.24) is 9.84 Å². The lowest BCUT2D eigenvalue weighted by atomic mass is 10.1. The number of alkyl halides is 2. The molecule has 0 aromatic heterocycles. The molecule has 30 heavy (non-hydrogen) atoms. The molecule has 0 saturated heterocycles. The second kappa shape index (κ2) is 9.89. The molecule has 0 fully saturated rings. The number of nitrogens with one attached hydrogen (secondary N) is 1. The van der Waals surface area contributed by atoms with Crippen molar-refractivity contribution in [1.29, 1.82) is 0 Å². The summed E-state index contributed by atoms with van der Waals surface area (Å²) in [5.41, 5.74) is 0.205. The Hall–Kier alpha value is -1.29. The normalized spacial score (nSPS) is 15.2. The maximum Gasteiger partial charge on any atom is 0.399 e. The van der Waals surface area contributed by atoms with Crippen LogP contribution in [0.1, 0.15) is 29.5 Å². The van der Waals surface area contributed by atoms with Crippen LogP contribution in [0, 0.1) is 0 Å². The van der Waals surface area contributed by atoms with E-state index in [9.17, 15) is 13.3 Å². The van der Waals surface area contributed by atoms with Crippen LogP contribution < -0.4 is 5.43 Å². The van der Waals surface area contributed by atoms with E-state index in [1.807, 2.05) is 34.7 Å². The van der Waals surface area contributed by atoms with Gasteiger partial charge in [0.1, 0.15) is 12.5 Å². The standard InChI is InChI=1S/C19H21BrF2N3O3PS/c20-17-12-14(9-10-16(17)19(21,22)29(26,27)28)6-4-5-11-30-25-13-23-18(24-25)15-7-2-1-3-8-15/h1-3,7-10,12H,4-6,11,13H2,(H,23,24)(H2,26,27,28). The summed E-state index contributed by atoms with van der Waals surface area (Å²) in [6, 6.07) is 13.9. The zero-order valence-electron chi connectivity index (χ0n) is 15.8. The van der Waals surface area contributed by atoms with Gasteiger partial charge in [-0.3, -0.25) is 9.99 Å². The number of amidine groups is 1. The summed E-state index contributed by atoms with van der Waals surface area (Å²) in [6.45, 7) is 0.567. The molecule has 0 unspecified atom stereocenters. The Labute approximate surface area is 186 Å². The van der Waals surface area contributed by atoms with Crippen molar-refractivity contribution in [2.45, 2.75) is 24.9 Å². The molecule has 2 aromatic carbocycles. The average molecular weight is 520 g/mol. The first kappa shape index (κ1) is 23.4. The van der Waals surface area contributed by atoms with Gasteiger partial charge >= 0.3 is 13.3 Å². The number of hydrazine groups is 1. The summed E-state index contributed by atoms with van der Waals surface area (Å²) in [7, 11) is -5.58. The van der Waals surface area contributed by atoms with Crippen LogP contribution in [0.5, 0.6) is 0 Å². The van der Waals surface area contributed by atoms with Crippen molar-refractivity contribution in [2.75, 3.05) is 12.4 Å². The molecule has 0 aliphatic carbocycles. The second-order valence-corrected chi connectivity index (χ2v) is 10.3. The lowest BCUT2D eigenvalue weighted by molar-refractivity contribution is 0.0557. The molecule has 0 bridgehead atoms. The maximum atomic E-state index is 13.9. The molecule has 0 spiro atoms. The molecular formula is C19H21BrF2N3O3PS. The minimum absolute atomic E-state index is 0.00504. The van der Waals surface area contributed by atoms with Crippen LogP contribution >= 0.6 is 35.5 Å². The van der Waals surface area contributed by atoms with E-state index < -0.39 is 18.8 Å². The Balaban J connectivity index is 1.41. The molecule has 2 aromatic rings. The first-order valence-electron chi connectivity index (χ1n) is 9.18. The smallest absolute Gasteiger partial charge is 0.320 e. The van der Waals surface area contributed by atoms with Gasteiger partial charge in [-0.25, -0.2) is 4.99 Å². The third-order valence-corrected chi connectivity index (χ3v) is 7.08. The molecule has 3 N–H and O–H groups in total. The largest absolute Gasteiger partial charge is 0.399 e. The van der Waals surface area contributed by atoms with E-state index in [0.29, 0.717) is 13.1 Å². The minimum Gasteiger partial charge on any atom is -0.320 e. The summed E-state index contributed by atoms with van der Waals surface area (Å²) in [5, 5.41) is 0. The van der Waals surface area contributed by atoms with E-state index >= 15 is 0 Å². The third-order valence-electron chi connectivity index (χ3n) is 4.47. The van der Waals surface area contributed by atoms with Gasteiger partial charge in [0.05, 0.1) is 0 Å².